The number of nitrogens with zero attached hydrogens (tertiary/aromatic N) is 1. The number of halogens is 1. The van der Waals surface area contributed by atoms with Gasteiger partial charge in [-0.1, -0.05) is 28.1 Å². The molecule has 2 aromatic carbocycles. The zero-order valence-electron chi connectivity index (χ0n) is 15.5. The molecule has 4 nitrogen and oxygen atoms in total. The summed E-state index contributed by atoms with van der Waals surface area (Å²) in [5.41, 5.74) is 3.31. The van der Waals surface area contributed by atoms with Crippen molar-refractivity contribution in [2.75, 3.05) is 43.9 Å². The van der Waals surface area contributed by atoms with Crippen LogP contribution in [0.15, 0.2) is 51.8 Å². The fraction of sp³-hybridized carbons (Fsp3) is 0.381. The van der Waals surface area contributed by atoms with Crippen LogP contribution >= 0.6 is 27.7 Å². The Balaban J connectivity index is 1.43. The smallest absolute Gasteiger partial charge is 0.234 e. The highest BCUT2D eigenvalue weighted by Crippen LogP contribution is 2.25. The maximum absolute atomic E-state index is 12.2. The van der Waals surface area contributed by atoms with Gasteiger partial charge in [0.15, 0.2) is 0 Å². The number of aryl methyl sites for hydroxylation is 1. The standard InChI is InChI=1S/C21H25BrN2O2S/c1-16-14-18(22)4-7-20(16)27-15-21(25)23-19-5-2-17(3-6-19)8-9-24-10-12-26-13-11-24/h2-7,14H,8-13,15H2,1H3,(H,23,25). The minimum absolute atomic E-state index is 0.0170. The number of anilines is 1. The number of nitrogens with one attached hydrogen (secondary N) is 1. The number of ether oxygens (including phenoxy) is 1. The normalized spacial score (nSPS) is 14.9. The second-order valence-electron chi connectivity index (χ2n) is 6.65. The van der Waals surface area contributed by atoms with Crippen LogP contribution in [0.3, 0.4) is 0 Å². The van der Waals surface area contributed by atoms with E-state index in [9.17, 15) is 4.79 Å². The molecule has 0 aromatic heterocycles. The van der Waals surface area contributed by atoms with Crippen molar-refractivity contribution in [2.45, 2.75) is 18.2 Å². The number of hydrogen-bond acceptors (Lipinski definition) is 4. The van der Waals surface area contributed by atoms with Gasteiger partial charge in [-0.15, -0.1) is 11.8 Å². The highest BCUT2D eigenvalue weighted by atomic mass is 79.9. The Kier molecular flexibility index (Phi) is 7.76. The molecular weight excluding hydrogens is 424 g/mol. The molecule has 1 aliphatic rings. The van der Waals surface area contributed by atoms with Crippen molar-refractivity contribution in [1.29, 1.82) is 0 Å². The van der Waals surface area contributed by atoms with E-state index in [0.29, 0.717) is 5.75 Å². The number of hydrogen-bond donors (Lipinski definition) is 1. The number of benzene rings is 2. The highest BCUT2D eigenvalue weighted by Gasteiger charge is 2.10. The summed E-state index contributed by atoms with van der Waals surface area (Å²) < 4.78 is 6.44. The van der Waals surface area contributed by atoms with Crippen LogP contribution in [0.25, 0.3) is 0 Å². The second kappa shape index (κ2) is 10.3. The molecule has 0 unspecified atom stereocenters. The van der Waals surface area contributed by atoms with Crippen molar-refractivity contribution in [1.82, 2.24) is 4.90 Å². The van der Waals surface area contributed by atoms with Gasteiger partial charge in [0.2, 0.25) is 5.91 Å². The minimum atomic E-state index is 0.0170. The van der Waals surface area contributed by atoms with E-state index in [1.807, 2.05) is 24.3 Å². The molecule has 0 radical (unpaired) electrons. The van der Waals surface area contributed by atoms with Gasteiger partial charge in [0.1, 0.15) is 0 Å². The molecule has 3 rings (SSSR count). The molecule has 0 bridgehead atoms. The summed E-state index contributed by atoms with van der Waals surface area (Å²) in [4.78, 5) is 15.8. The molecule has 1 N–H and O–H groups in total. The summed E-state index contributed by atoms with van der Waals surface area (Å²) >= 11 is 5.02. The molecule has 1 aliphatic heterocycles. The first kappa shape index (κ1) is 20.4. The molecule has 144 valence electrons. The van der Waals surface area contributed by atoms with Crippen molar-refractivity contribution in [2.24, 2.45) is 0 Å². The Morgan fingerprint density at radius 2 is 1.93 bits per heavy atom. The molecule has 0 saturated carbocycles. The van der Waals surface area contributed by atoms with E-state index in [-0.39, 0.29) is 5.91 Å². The van der Waals surface area contributed by atoms with Gasteiger partial charge in [-0.05, 0) is 54.8 Å². The van der Waals surface area contributed by atoms with Gasteiger partial charge in [-0.3, -0.25) is 9.69 Å². The van der Waals surface area contributed by atoms with Crippen LogP contribution < -0.4 is 5.32 Å². The first-order valence-corrected chi connectivity index (χ1v) is 11.0. The molecular formula is C21H25BrN2O2S. The molecule has 1 fully saturated rings. The van der Waals surface area contributed by atoms with Crippen LogP contribution in [0.1, 0.15) is 11.1 Å². The third-order valence-corrected chi connectivity index (χ3v) is 6.22. The summed E-state index contributed by atoms with van der Waals surface area (Å²) in [5, 5.41) is 2.98. The third kappa shape index (κ3) is 6.64. The minimum Gasteiger partial charge on any atom is -0.379 e. The predicted molar refractivity (Wildman–Crippen MR) is 116 cm³/mol. The summed E-state index contributed by atoms with van der Waals surface area (Å²) in [6.07, 6.45) is 1.02. The SMILES string of the molecule is Cc1cc(Br)ccc1SCC(=O)Nc1ccc(CCN2CCOCC2)cc1. The number of carbonyl (C=O) groups excluding carboxylic acids is 1. The number of amides is 1. The third-order valence-electron chi connectivity index (χ3n) is 4.55. The number of rotatable bonds is 7. The van der Waals surface area contributed by atoms with Gasteiger partial charge in [0, 0.05) is 34.7 Å². The lowest BCUT2D eigenvalue weighted by Gasteiger charge is -2.26. The van der Waals surface area contributed by atoms with E-state index in [1.54, 1.807) is 11.8 Å². The zero-order valence-corrected chi connectivity index (χ0v) is 17.9. The Bertz CT molecular complexity index is 761. The Morgan fingerprint density at radius 1 is 1.19 bits per heavy atom. The molecule has 0 aliphatic carbocycles. The van der Waals surface area contributed by atoms with Crippen LogP contribution in [-0.4, -0.2) is 49.4 Å². The van der Waals surface area contributed by atoms with Crippen LogP contribution in [0.4, 0.5) is 5.69 Å². The molecule has 1 saturated heterocycles. The van der Waals surface area contributed by atoms with Crippen molar-refractivity contribution in [3.05, 3.63) is 58.1 Å². The van der Waals surface area contributed by atoms with Crippen LogP contribution in [-0.2, 0) is 16.0 Å². The lowest BCUT2D eigenvalue weighted by atomic mass is 10.1. The van der Waals surface area contributed by atoms with Gasteiger partial charge in [-0.2, -0.15) is 0 Å². The largest absolute Gasteiger partial charge is 0.379 e. The van der Waals surface area contributed by atoms with Gasteiger partial charge in [-0.25, -0.2) is 0 Å². The lowest BCUT2D eigenvalue weighted by Crippen LogP contribution is -2.37. The molecule has 2 aromatic rings. The van der Waals surface area contributed by atoms with Crippen molar-refractivity contribution < 1.29 is 9.53 Å². The van der Waals surface area contributed by atoms with E-state index >= 15 is 0 Å². The number of thioether (sulfide) groups is 1. The Morgan fingerprint density at radius 3 is 2.63 bits per heavy atom. The quantitative estimate of drug-likeness (QED) is 0.638. The summed E-state index contributed by atoms with van der Waals surface area (Å²) in [7, 11) is 0. The lowest BCUT2D eigenvalue weighted by molar-refractivity contribution is -0.113. The van der Waals surface area contributed by atoms with E-state index in [1.165, 1.54) is 11.1 Å². The molecule has 0 atom stereocenters. The maximum Gasteiger partial charge on any atom is 0.234 e. The summed E-state index contributed by atoms with van der Waals surface area (Å²) in [6.45, 7) is 6.82. The maximum atomic E-state index is 12.2. The number of morpholine rings is 1. The average molecular weight is 449 g/mol. The Labute approximate surface area is 173 Å². The molecule has 1 amide bonds. The topological polar surface area (TPSA) is 41.6 Å². The second-order valence-corrected chi connectivity index (χ2v) is 8.58. The van der Waals surface area contributed by atoms with Crippen molar-refractivity contribution in [3.8, 4) is 0 Å². The van der Waals surface area contributed by atoms with Crippen LogP contribution in [0, 0.1) is 6.92 Å². The van der Waals surface area contributed by atoms with Crippen LogP contribution in [0.2, 0.25) is 0 Å². The molecule has 1 heterocycles. The summed E-state index contributed by atoms with van der Waals surface area (Å²) in [5.74, 6) is 0.421. The predicted octanol–water partition coefficient (Wildman–Crippen LogP) is 4.36. The summed E-state index contributed by atoms with van der Waals surface area (Å²) in [6, 6.07) is 14.3. The van der Waals surface area contributed by atoms with Crippen LogP contribution in [0.5, 0.6) is 0 Å². The monoisotopic (exact) mass is 448 g/mol. The van der Waals surface area contributed by atoms with Gasteiger partial charge in [0.05, 0.1) is 19.0 Å². The van der Waals surface area contributed by atoms with E-state index in [0.717, 1.165) is 54.3 Å². The first-order chi connectivity index (χ1) is 13.1. The average Bonchev–Trinajstić information content (AvgIpc) is 2.67. The Hall–Kier alpha value is -1.34. The number of carbonyl (C=O) groups is 1. The van der Waals surface area contributed by atoms with E-state index in [4.69, 9.17) is 4.74 Å². The van der Waals surface area contributed by atoms with Gasteiger partial charge in [0.25, 0.3) is 0 Å². The van der Waals surface area contributed by atoms with Gasteiger partial charge >= 0.3 is 0 Å². The van der Waals surface area contributed by atoms with E-state index < -0.39 is 0 Å². The first-order valence-electron chi connectivity index (χ1n) is 9.18. The zero-order chi connectivity index (χ0) is 19.1. The molecule has 6 heteroatoms. The fourth-order valence-corrected chi connectivity index (χ4v) is 4.27. The van der Waals surface area contributed by atoms with E-state index in [2.05, 4.69) is 51.3 Å². The van der Waals surface area contributed by atoms with Crippen molar-refractivity contribution >= 4 is 39.3 Å². The van der Waals surface area contributed by atoms with Gasteiger partial charge < -0.3 is 10.1 Å². The fourth-order valence-electron chi connectivity index (χ4n) is 2.98. The molecule has 0 spiro atoms. The highest BCUT2D eigenvalue weighted by molar-refractivity contribution is 9.10. The van der Waals surface area contributed by atoms with Crippen molar-refractivity contribution in [3.63, 3.8) is 0 Å². The molecule has 27 heavy (non-hydrogen) atoms.